The predicted molar refractivity (Wildman–Crippen MR) is 131 cm³/mol. The number of ether oxygens (including phenoxy) is 2. The molecule has 4 rings (SSSR count). The maximum absolute atomic E-state index is 5.51. The number of benzene rings is 1. The molecule has 3 aliphatic rings. The number of hydrogen-bond donors (Lipinski definition) is 1. The van der Waals surface area contributed by atoms with Gasteiger partial charge < -0.3 is 24.6 Å². The summed E-state index contributed by atoms with van der Waals surface area (Å²) in [6, 6.07) is 6.84. The summed E-state index contributed by atoms with van der Waals surface area (Å²) in [6.45, 7) is 9.32. The van der Waals surface area contributed by atoms with E-state index >= 15 is 0 Å². The highest BCUT2D eigenvalue weighted by Crippen LogP contribution is 2.35. The molecule has 1 atom stereocenters. The van der Waals surface area contributed by atoms with Gasteiger partial charge in [-0.05, 0) is 57.5 Å². The van der Waals surface area contributed by atoms with Gasteiger partial charge in [0.25, 0.3) is 0 Å². The summed E-state index contributed by atoms with van der Waals surface area (Å²) < 4.78 is 10.9. The Morgan fingerprint density at radius 3 is 2.57 bits per heavy atom. The van der Waals surface area contributed by atoms with Crippen LogP contribution in [0.4, 0.5) is 0 Å². The summed E-state index contributed by atoms with van der Waals surface area (Å²) in [4.78, 5) is 12.3. The van der Waals surface area contributed by atoms with Crippen LogP contribution in [0.3, 0.4) is 0 Å². The van der Waals surface area contributed by atoms with Crippen molar-refractivity contribution in [3.05, 3.63) is 23.8 Å². The SMILES string of the molecule is CCNC(=NCC(C1CC1)N(C)C)N1CCN(Cc2ccc3c(c2)OCO3)CC1.I. The molecule has 1 aliphatic carbocycles. The van der Waals surface area contributed by atoms with E-state index in [9.17, 15) is 0 Å². The van der Waals surface area contributed by atoms with Gasteiger partial charge in [-0.1, -0.05) is 6.07 Å². The number of guanidine groups is 1. The second-order valence-corrected chi connectivity index (χ2v) is 8.51. The average Bonchev–Trinajstić information content (AvgIpc) is 3.44. The van der Waals surface area contributed by atoms with Gasteiger partial charge in [0, 0.05) is 45.3 Å². The monoisotopic (exact) mass is 529 g/mol. The van der Waals surface area contributed by atoms with Crippen LogP contribution in [0.2, 0.25) is 0 Å². The van der Waals surface area contributed by atoms with Crippen LogP contribution in [-0.2, 0) is 6.54 Å². The summed E-state index contributed by atoms with van der Waals surface area (Å²) >= 11 is 0. The molecule has 1 aromatic rings. The Labute approximate surface area is 197 Å². The molecule has 0 amide bonds. The van der Waals surface area contributed by atoms with Crippen LogP contribution < -0.4 is 14.8 Å². The number of piperazine rings is 1. The number of aliphatic imine (C=N–C) groups is 1. The summed E-state index contributed by atoms with van der Waals surface area (Å²) in [5, 5.41) is 3.51. The molecule has 1 saturated heterocycles. The smallest absolute Gasteiger partial charge is 0.231 e. The van der Waals surface area contributed by atoms with Gasteiger partial charge in [-0.25, -0.2) is 0 Å². The molecule has 2 fully saturated rings. The van der Waals surface area contributed by atoms with E-state index in [-0.39, 0.29) is 24.0 Å². The number of rotatable bonds is 7. The number of nitrogens with one attached hydrogen (secondary N) is 1. The lowest BCUT2D eigenvalue weighted by atomic mass is 10.1. The first-order chi connectivity index (χ1) is 14.1. The van der Waals surface area contributed by atoms with Crippen molar-refractivity contribution in [2.45, 2.75) is 32.4 Å². The second-order valence-electron chi connectivity index (χ2n) is 8.51. The Balaban J connectivity index is 0.00000256. The lowest BCUT2D eigenvalue weighted by Gasteiger charge is -2.37. The molecule has 1 aromatic carbocycles. The maximum Gasteiger partial charge on any atom is 0.231 e. The molecule has 8 heteroatoms. The van der Waals surface area contributed by atoms with Crippen LogP contribution in [0.25, 0.3) is 0 Å². The molecule has 1 saturated carbocycles. The fraction of sp³-hybridized carbons (Fsp3) is 0.682. The van der Waals surface area contributed by atoms with E-state index in [2.05, 4.69) is 53.2 Å². The Bertz CT molecular complexity index is 715. The van der Waals surface area contributed by atoms with Crippen LogP contribution >= 0.6 is 24.0 Å². The van der Waals surface area contributed by atoms with Crippen molar-refractivity contribution >= 4 is 29.9 Å². The van der Waals surface area contributed by atoms with Crippen LogP contribution in [-0.4, -0.2) is 86.9 Å². The zero-order valence-electron chi connectivity index (χ0n) is 18.5. The Hall–Kier alpha value is -1.26. The van der Waals surface area contributed by atoms with Crippen molar-refractivity contribution in [3.63, 3.8) is 0 Å². The highest BCUT2D eigenvalue weighted by Gasteiger charge is 2.32. The molecule has 0 aromatic heterocycles. The number of fused-ring (bicyclic) bond motifs is 1. The number of hydrogen-bond acceptors (Lipinski definition) is 5. The van der Waals surface area contributed by atoms with Gasteiger partial charge in [0.2, 0.25) is 6.79 Å². The van der Waals surface area contributed by atoms with Gasteiger partial charge in [0.1, 0.15) is 0 Å². The summed E-state index contributed by atoms with van der Waals surface area (Å²) in [5.74, 6) is 3.62. The van der Waals surface area contributed by atoms with Gasteiger partial charge in [-0.3, -0.25) is 9.89 Å². The molecule has 1 N–H and O–H groups in total. The standard InChI is InChI=1S/C22H35N5O2.HI/c1-4-23-22(24-14-19(25(2)3)18-6-7-18)27-11-9-26(10-12-27)15-17-5-8-20-21(13-17)29-16-28-20;/h5,8,13,18-19H,4,6-7,9-12,14-16H2,1-3H3,(H,23,24);1H. The summed E-state index contributed by atoms with van der Waals surface area (Å²) in [5.41, 5.74) is 1.28. The molecule has 0 bridgehead atoms. The number of nitrogens with zero attached hydrogens (tertiary/aromatic N) is 4. The van der Waals surface area contributed by atoms with E-state index in [0.717, 1.165) is 69.2 Å². The average molecular weight is 529 g/mol. The Kier molecular flexibility index (Phi) is 8.47. The van der Waals surface area contributed by atoms with Crippen LogP contribution in [0.1, 0.15) is 25.3 Å². The summed E-state index contributed by atoms with van der Waals surface area (Å²) in [7, 11) is 4.36. The van der Waals surface area contributed by atoms with E-state index in [0.29, 0.717) is 12.8 Å². The normalized spacial score (nSPS) is 20.3. The van der Waals surface area contributed by atoms with Crippen LogP contribution in [0.15, 0.2) is 23.2 Å². The predicted octanol–water partition coefficient (Wildman–Crippen LogP) is 2.46. The molecular formula is C22H36IN5O2. The van der Waals surface area contributed by atoms with Crippen molar-refractivity contribution in [3.8, 4) is 11.5 Å². The van der Waals surface area contributed by atoms with Crippen molar-refractivity contribution in [2.75, 3.05) is 60.2 Å². The third-order valence-electron chi connectivity index (χ3n) is 6.11. The van der Waals surface area contributed by atoms with E-state index in [1.807, 2.05) is 6.07 Å². The van der Waals surface area contributed by atoms with Crippen molar-refractivity contribution in [1.82, 2.24) is 20.0 Å². The van der Waals surface area contributed by atoms with Gasteiger partial charge in [0.05, 0.1) is 6.54 Å². The molecule has 7 nitrogen and oxygen atoms in total. The molecule has 0 radical (unpaired) electrons. The molecule has 0 spiro atoms. The van der Waals surface area contributed by atoms with Crippen LogP contribution in [0, 0.1) is 5.92 Å². The number of halogens is 1. The first-order valence-corrected chi connectivity index (χ1v) is 10.9. The molecule has 2 heterocycles. The van der Waals surface area contributed by atoms with Gasteiger partial charge in [-0.2, -0.15) is 0 Å². The first kappa shape index (κ1) is 23.4. The van der Waals surface area contributed by atoms with E-state index in [1.54, 1.807) is 0 Å². The zero-order chi connectivity index (χ0) is 20.2. The van der Waals surface area contributed by atoms with Crippen molar-refractivity contribution in [1.29, 1.82) is 0 Å². The highest BCUT2D eigenvalue weighted by molar-refractivity contribution is 14.0. The minimum absolute atomic E-state index is 0. The highest BCUT2D eigenvalue weighted by atomic mass is 127. The minimum Gasteiger partial charge on any atom is -0.454 e. The van der Waals surface area contributed by atoms with E-state index in [4.69, 9.17) is 14.5 Å². The van der Waals surface area contributed by atoms with E-state index in [1.165, 1.54) is 18.4 Å². The summed E-state index contributed by atoms with van der Waals surface area (Å²) in [6.07, 6.45) is 2.71. The Morgan fingerprint density at radius 2 is 1.90 bits per heavy atom. The van der Waals surface area contributed by atoms with Gasteiger partial charge in [0.15, 0.2) is 17.5 Å². The van der Waals surface area contributed by atoms with Crippen molar-refractivity contribution < 1.29 is 9.47 Å². The third kappa shape index (κ3) is 5.91. The maximum atomic E-state index is 5.51. The zero-order valence-corrected chi connectivity index (χ0v) is 20.8. The fourth-order valence-corrected chi connectivity index (χ4v) is 4.24. The molecule has 168 valence electrons. The van der Waals surface area contributed by atoms with Gasteiger partial charge in [-0.15, -0.1) is 24.0 Å². The topological polar surface area (TPSA) is 52.6 Å². The third-order valence-corrected chi connectivity index (χ3v) is 6.11. The molecule has 1 unspecified atom stereocenters. The lowest BCUT2D eigenvalue weighted by Crippen LogP contribution is -2.52. The second kappa shape index (κ2) is 10.9. The van der Waals surface area contributed by atoms with Gasteiger partial charge >= 0.3 is 0 Å². The molecule has 30 heavy (non-hydrogen) atoms. The van der Waals surface area contributed by atoms with Crippen LogP contribution in [0.5, 0.6) is 11.5 Å². The largest absolute Gasteiger partial charge is 0.454 e. The molecule has 2 aliphatic heterocycles. The minimum atomic E-state index is 0. The fourth-order valence-electron chi connectivity index (χ4n) is 4.24. The van der Waals surface area contributed by atoms with Crippen molar-refractivity contribution in [2.24, 2.45) is 10.9 Å². The van der Waals surface area contributed by atoms with E-state index < -0.39 is 0 Å². The molecular weight excluding hydrogens is 493 g/mol. The first-order valence-electron chi connectivity index (χ1n) is 10.9. The quantitative estimate of drug-likeness (QED) is 0.333. The Morgan fingerprint density at radius 1 is 1.17 bits per heavy atom. The number of likely N-dealkylation sites (N-methyl/N-ethyl adjacent to an activating group) is 1. The lowest BCUT2D eigenvalue weighted by molar-refractivity contribution is 0.170.